The van der Waals surface area contributed by atoms with Crippen LogP contribution in [0.1, 0.15) is 6.42 Å². The van der Waals surface area contributed by atoms with Gasteiger partial charge in [0.05, 0.1) is 11.5 Å². The van der Waals surface area contributed by atoms with Gasteiger partial charge in [0.2, 0.25) is 0 Å². The largest absolute Gasteiger partial charge is 0.381 e. The van der Waals surface area contributed by atoms with Crippen LogP contribution in [0.4, 0.5) is 11.4 Å². The molecule has 1 saturated heterocycles. The van der Waals surface area contributed by atoms with Crippen molar-refractivity contribution >= 4 is 31.4 Å². The Morgan fingerprint density at radius 1 is 1.14 bits per heavy atom. The van der Waals surface area contributed by atoms with Gasteiger partial charge in [0.1, 0.15) is 0 Å². The summed E-state index contributed by atoms with van der Waals surface area (Å²) in [6, 6.07) is 6.62. The number of anilines is 2. The van der Waals surface area contributed by atoms with E-state index in [9.17, 15) is 16.8 Å². The van der Waals surface area contributed by atoms with Gasteiger partial charge < -0.3 is 5.32 Å². The molecule has 0 saturated carbocycles. The van der Waals surface area contributed by atoms with Gasteiger partial charge in [-0.2, -0.15) is 12.7 Å². The standard InChI is InChI=1S/C12H19N3O4S2/c1-15(2)21(18,19)14-11-5-3-10(4-6-11)13-12-7-8-20(16,17)9-12/h3-6,12-14H,7-9H2,1-2H3. The summed E-state index contributed by atoms with van der Waals surface area (Å²) in [5.41, 5.74) is 1.22. The Hall–Kier alpha value is -1.32. The molecule has 21 heavy (non-hydrogen) atoms. The van der Waals surface area contributed by atoms with Gasteiger partial charge in [-0.1, -0.05) is 0 Å². The Morgan fingerprint density at radius 3 is 2.19 bits per heavy atom. The molecule has 0 bridgehead atoms. The second-order valence-electron chi connectivity index (χ2n) is 5.21. The van der Waals surface area contributed by atoms with Crippen LogP contribution in [-0.2, 0) is 20.0 Å². The molecular formula is C12H19N3O4S2. The maximum Gasteiger partial charge on any atom is 0.301 e. The molecule has 2 N–H and O–H groups in total. The quantitative estimate of drug-likeness (QED) is 0.818. The van der Waals surface area contributed by atoms with E-state index in [4.69, 9.17) is 0 Å². The number of hydrogen-bond acceptors (Lipinski definition) is 5. The lowest BCUT2D eigenvalue weighted by molar-refractivity contribution is 0.527. The van der Waals surface area contributed by atoms with Gasteiger partial charge in [-0.05, 0) is 30.7 Å². The monoisotopic (exact) mass is 333 g/mol. The zero-order valence-corrected chi connectivity index (χ0v) is 13.5. The highest BCUT2D eigenvalue weighted by Crippen LogP contribution is 2.20. The fraction of sp³-hybridized carbons (Fsp3) is 0.500. The minimum absolute atomic E-state index is 0.0840. The molecule has 0 aliphatic carbocycles. The number of nitrogens with zero attached hydrogens (tertiary/aromatic N) is 1. The average molecular weight is 333 g/mol. The van der Waals surface area contributed by atoms with Crippen molar-refractivity contribution in [1.29, 1.82) is 0 Å². The molecule has 7 nitrogen and oxygen atoms in total. The minimum Gasteiger partial charge on any atom is -0.381 e. The molecule has 118 valence electrons. The molecular weight excluding hydrogens is 314 g/mol. The van der Waals surface area contributed by atoms with Crippen molar-refractivity contribution in [2.75, 3.05) is 35.6 Å². The first-order chi connectivity index (χ1) is 9.68. The third-order valence-electron chi connectivity index (χ3n) is 3.22. The van der Waals surface area contributed by atoms with E-state index in [1.54, 1.807) is 24.3 Å². The SMILES string of the molecule is CN(C)S(=O)(=O)Nc1ccc(NC2CCS(=O)(=O)C2)cc1. The van der Waals surface area contributed by atoms with Gasteiger partial charge in [0.15, 0.2) is 9.84 Å². The van der Waals surface area contributed by atoms with Crippen LogP contribution in [0.15, 0.2) is 24.3 Å². The van der Waals surface area contributed by atoms with Crippen molar-refractivity contribution in [2.45, 2.75) is 12.5 Å². The van der Waals surface area contributed by atoms with Crippen molar-refractivity contribution in [3.05, 3.63) is 24.3 Å². The lowest BCUT2D eigenvalue weighted by Gasteiger charge is -2.15. The van der Waals surface area contributed by atoms with Crippen LogP contribution in [0.25, 0.3) is 0 Å². The van der Waals surface area contributed by atoms with Crippen molar-refractivity contribution in [2.24, 2.45) is 0 Å². The van der Waals surface area contributed by atoms with Crippen molar-refractivity contribution in [3.63, 3.8) is 0 Å². The van der Waals surface area contributed by atoms with E-state index in [2.05, 4.69) is 10.0 Å². The summed E-state index contributed by atoms with van der Waals surface area (Å²) in [5, 5.41) is 3.14. The van der Waals surface area contributed by atoms with E-state index in [-0.39, 0.29) is 17.5 Å². The Bertz CT molecular complexity index is 697. The minimum atomic E-state index is -3.52. The molecule has 2 rings (SSSR count). The molecule has 1 atom stereocenters. The number of rotatable bonds is 5. The molecule has 0 aromatic heterocycles. The summed E-state index contributed by atoms with van der Waals surface area (Å²) in [5.74, 6) is 0.355. The van der Waals surface area contributed by atoms with Crippen LogP contribution in [0.2, 0.25) is 0 Å². The summed E-state index contributed by atoms with van der Waals surface area (Å²) in [6.45, 7) is 0. The molecule has 0 radical (unpaired) electrons. The number of sulfone groups is 1. The first-order valence-electron chi connectivity index (χ1n) is 6.45. The van der Waals surface area contributed by atoms with Crippen molar-refractivity contribution in [3.8, 4) is 0 Å². The van der Waals surface area contributed by atoms with E-state index in [0.29, 0.717) is 12.1 Å². The van der Waals surface area contributed by atoms with Crippen LogP contribution in [-0.4, -0.2) is 52.8 Å². The van der Waals surface area contributed by atoms with Gasteiger partial charge in [-0.25, -0.2) is 8.42 Å². The second-order valence-corrected chi connectivity index (χ2v) is 9.32. The summed E-state index contributed by atoms with van der Waals surface area (Å²) < 4.78 is 49.6. The molecule has 0 amide bonds. The average Bonchev–Trinajstić information content (AvgIpc) is 2.70. The van der Waals surface area contributed by atoms with E-state index in [1.807, 2.05) is 0 Å². The maximum absolute atomic E-state index is 11.7. The van der Waals surface area contributed by atoms with Crippen LogP contribution < -0.4 is 10.0 Å². The van der Waals surface area contributed by atoms with Crippen molar-refractivity contribution < 1.29 is 16.8 Å². The topological polar surface area (TPSA) is 95.6 Å². The first-order valence-corrected chi connectivity index (χ1v) is 9.71. The Kier molecular flexibility index (Phi) is 4.45. The molecule has 0 spiro atoms. The summed E-state index contributed by atoms with van der Waals surface area (Å²) in [4.78, 5) is 0. The fourth-order valence-corrected chi connectivity index (χ4v) is 4.31. The Labute approximate surface area is 125 Å². The lowest BCUT2D eigenvalue weighted by Crippen LogP contribution is -2.28. The van der Waals surface area contributed by atoms with Gasteiger partial charge in [-0.15, -0.1) is 0 Å². The predicted octanol–water partition coefficient (Wildman–Crippen LogP) is 0.504. The number of nitrogens with one attached hydrogen (secondary N) is 2. The fourth-order valence-electron chi connectivity index (χ4n) is 2.02. The van der Waals surface area contributed by atoms with Crippen LogP contribution in [0.5, 0.6) is 0 Å². The Balaban J connectivity index is 2.00. The normalized spacial score (nSPS) is 21.4. The highest BCUT2D eigenvalue weighted by Gasteiger charge is 2.27. The molecule has 1 aromatic rings. The summed E-state index contributed by atoms with van der Waals surface area (Å²) >= 11 is 0. The molecule has 1 fully saturated rings. The molecule has 1 unspecified atom stereocenters. The van der Waals surface area contributed by atoms with E-state index in [0.717, 1.165) is 9.99 Å². The van der Waals surface area contributed by atoms with E-state index in [1.165, 1.54) is 14.1 Å². The smallest absolute Gasteiger partial charge is 0.301 e. The highest BCUT2D eigenvalue weighted by molar-refractivity contribution is 7.91. The molecule has 1 aliphatic heterocycles. The third kappa shape index (κ3) is 4.32. The zero-order valence-electron chi connectivity index (χ0n) is 11.9. The Morgan fingerprint density at radius 2 is 1.71 bits per heavy atom. The van der Waals surface area contributed by atoms with Crippen molar-refractivity contribution in [1.82, 2.24) is 4.31 Å². The van der Waals surface area contributed by atoms with Gasteiger partial charge in [0.25, 0.3) is 0 Å². The number of benzene rings is 1. The molecule has 1 aliphatic rings. The predicted molar refractivity (Wildman–Crippen MR) is 83.4 cm³/mol. The molecule has 1 heterocycles. The van der Waals surface area contributed by atoms with E-state index >= 15 is 0 Å². The summed E-state index contributed by atoms with van der Waals surface area (Å²) in [6.07, 6.45) is 0.595. The van der Waals surface area contributed by atoms with Gasteiger partial charge in [-0.3, -0.25) is 4.72 Å². The second kappa shape index (κ2) is 5.82. The van der Waals surface area contributed by atoms with Crippen LogP contribution in [0.3, 0.4) is 0 Å². The lowest BCUT2D eigenvalue weighted by atomic mass is 10.2. The van der Waals surface area contributed by atoms with Gasteiger partial charge in [0, 0.05) is 31.5 Å². The summed E-state index contributed by atoms with van der Waals surface area (Å²) in [7, 11) is -3.55. The maximum atomic E-state index is 11.7. The first kappa shape index (κ1) is 16.1. The third-order valence-corrected chi connectivity index (χ3v) is 6.44. The number of hydrogen-bond donors (Lipinski definition) is 2. The van der Waals surface area contributed by atoms with Gasteiger partial charge >= 0.3 is 10.2 Å². The van der Waals surface area contributed by atoms with E-state index < -0.39 is 20.0 Å². The molecule has 9 heteroatoms. The molecule has 1 aromatic carbocycles. The van der Waals surface area contributed by atoms with Crippen LogP contribution in [0, 0.1) is 0 Å². The van der Waals surface area contributed by atoms with Crippen LogP contribution >= 0.6 is 0 Å². The zero-order chi connectivity index (χ0) is 15.7. The highest BCUT2D eigenvalue weighted by atomic mass is 32.2.